The molecule has 8 heteroatoms. The first kappa shape index (κ1) is 12.3. The van der Waals surface area contributed by atoms with Gasteiger partial charge in [-0.3, -0.25) is 0 Å². The Morgan fingerprint density at radius 3 is 3.00 bits per heavy atom. The summed E-state index contributed by atoms with van der Waals surface area (Å²) < 4.78 is 5.02. The molecule has 0 bridgehead atoms. The van der Waals surface area contributed by atoms with E-state index in [1.807, 2.05) is 0 Å². The SMILES string of the molecule is NC(=O)O[C@@H](Cn1ncnn1)c1cccc(Cl)c1. The van der Waals surface area contributed by atoms with Gasteiger partial charge in [0.1, 0.15) is 6.54 Å². The Hall–Kier alpha value is -2.15. The lowest BCUT2D eigenvalue weighted by molar-refractivity contribution is 0.0900. The number of carbonyl (C=O) groups excluding carboxylic acids is 1. The second-order valence-electron chi connectivity index (χ2n) is 3.47. The lowest BCUT2D eigenvalue weighted by Gasteiger charge is -2.16. The maximum Gasteiger partial charge on any atom is 0.405 e. The number of tetrazole rings is 1. The third kappa shape index (κ3) is 3.17. The number of hydrogen-bond acceptors (Lipinski definition) is 5. The highest BCUT2D eigenvalue weighted by Crippen LogP contribution is 2.22. The molecule has 7 nitrogen and oxygen atoms in total. The molecule has 0 aliphatic rings. The van der Waals surface area contributed by atoms with E-state index in [-0.39, 0.29) is 6.54 Å². The highest BCUT2D eigenvalue weighted by Gasteiger charge is 2.17. The lowest BCUT2D eigenvalue weighted by atomic mass is 10.1. The number of nitrogens with two attached hydrogens (primary N) is 1. The van der Waals surface area contributed by atoms with E-state index in [9.17, 15) is 4.79 Å². The van der Waals surface area contributed by atoms with Gasteiger partial charge in [0.15, 0.2) is 12.4 Å². The average Bonchev–Trinajstić information content (AvgIpc) is 2.80. The van der Waals surface area contributed by atoms with E-state index in [1.165, 1.54) is 11.1 Å². The van der Waals surface area contributed by atoms with Crippen molar-refractivity contribution in [1.29, 1.82) is 0 Å². The van der Waals surface area contributed by atoms with E-state index in [0.717, 1.165) is 0 Å². The van der Waals surface area contributed by atoms with Gasteiger partial charge in [-0.05, 0) is 22.9 Å². The Morgan fingerprint density at radius 1 is 1.56 bits per heavy atom. The Balaban J connectivity index is 2.21. The molecule has 18 heavy (non-hydrogen) atoms. The third-order valence-corrected chi connectivity index (χ3v) is 2.43. The molecule has 1 atom stereocenters. The van der Waals surface area contributed by atoms with Gasteiger partial charge in [0.25, 0.3) is 0 Å². The van der Waals surface area contributed by atoms with Crippen molar-refractivity contribution in [1.82, 2.24) is 20.2 Å². The van der Waals surface area contributed by atoms with Crippen molar-refractivity contribution < 1.29 is 9.53 Å². The molecular formula is C10H10ClN5O2. The number of rotatable bonds is 4. The van der Waals surface area contributed by atoms with Gasteiger partial charge in [0.05, 0.1) is 0 Å². The fourth-order valence-corrected chi connectivity index (χ4v) is 1.68. The number of aromatic nitrogens is 4. The molecule has 0 aliphatic heterocycles. The molecule has 2 N–H and O–H groups in total. The fraction of sp³-hybridized carbons (Fsp3) is 0.200. The van der Waals surface area contributed by atoms with Gasteiger partial charge in [-0.1, -0.05) is 23.7 Å². The number of hydrogen-bond donors (Lipinski definition) is 1. The van der Waals surface area contributed by atoms with Gasteiger partial charge in [-0.15, -0.1) is 10.2 Å². The van der Waals surface area contributed by atoms with Crippen molar-refractivity contribution in [2.24, 2.45) is 5.73 Å². The summed E-state index contributed by atoms with van der Waals surface area (Å²) in [5.74, 6) is 0. The van der Waals surface area contributed by atoms with Crippen molar-refractivity contribution in [3.63, 3.8) is 0 Å². The summed E-state index contributed by atoms with van der Waals surface area (Å²) >= 11 is 5.89. The van der Waals surface area contributed by atoms with Crippen LogP contribution >= 0.6 is 11.6 Å². The quantitative estimate of drug-likeness (QED) is 0.897. The number of nitrogens with zero attached hydrogens (tertiary/aromatic N) is 4. The number of carbonyl (C=O) groups is 1. The predicted molar refractivity (Wildman–Crippen MR) is 62.7 cm³/mol. The third-order valence-electron chi connectivity index (χ3n) is 2.20. The van der Waals surface area contributed by atoms with Crippen LogP contribution in [0.25, 0.3) is 0 Å². The number of benzene rings is 1. The van der Waals surface area contributed by atoms with E-state index in [4.69, 9.17) is 22.1 Å². The summed E-state index contributed by atoms with van der Waals surface area (Å²) in [5, 5.41) is 11.7. The maximum atomic E-state index is 10.9. The van der Waals surface area contributed by atoms with Crippen LogP contribution in [0.3, 0.4) is 0 Å². The minimum absolute atomic E-state index is 0.212. The monoisotopic (exact) mass is 267 g/mol. The molecule has 0 unspecified atom stereocenters. The molecule has 1 heterocycles. The number of ether oxygens (including phenoxy) is 1. The Kier molecular flexibility index (Phi) is 3.73. The van der Waals surface area contributed by atoms with E-state index < -0.39 is 12.2 Å². The highest BCUT2D eigenvalue weighted by molar-refractivity contribution is 6.30. The van der Waals surface area contributed by atoms with Gasteiger partial charge < -0.3 is 10.5 Å². The normalized spacial score (nSPS) is 12.1. The van der Waals surface area contributed by atoms with E-state index in [0.29, 0.717) is 10.6 Å². The molecule has 2 rings (SSSR count). The van der Waals surface area contributed by atoms with Crippen LogP contribution in [0.1, 0.15) is 11.7 Å². The van der Waals surface area contributed by atoms with E-state index in [1.54, 1.807) is 24.3 Å². The van der Waals surface area contributed by atoms with Crippen molar-refractivity contribution in [3.05, 3.63) is 41.2 Å². The molecule has 0 aliphatic carbocycles. The van der Waals surface area contributed by atoms with Crippen LogP contribution in [-0.4, -0.2) is 26.3 Å². The van der Waals surface area contributed by atoms with Gasteiger partial charge in [-0.25, -0.2) is 4.79 Å². The smallest absolute Gasteiger partial charge is 0.405 e. The predicted octanol–water partition coefficient (Wildman–Crippen LogP) is 1.16. The van der Waals surface area contributed by atoms with Gasteiger partial charge in [-0.2, -0.15) is 4.80 Å². The largest absolute Gasteiger partial charge is 0.439 e. The molecule has 0 radical (unpaired) electrons. The zero-order valence-corrected chi connectivity index (χ0v) is 9.99. The molecule has 1 aromatic heterocycles. The Morgan fingerprint density at radius 2 is 2.39 bits per heavy atom. The summed E-state index contributed by atoms with van der Waals surface area (Å²) in [6.07, 6.45) is -0.199. The zero-order chi connectivity index (χ0) is 13.0. The van der Waals surface area contributed by atoms with Crippen LogP contribution in [0.5, 0.6) is 0 Å². The summed E-state index contributed by atoms with van der Waals surface area (Å²) in [7, 11) is 0. The molecule has 1 aromatic carbocycles. The molecule has 1 amide bonds. The zero-order valence-electron chi connectivity index (χ0n) is 9.23. The van der Waals surface area contributed by atoms with Gasteiger partial charge in [0, 0.05) is 5.02 Å². The summed E-state index contributed by atoms with van der Waals surface area (Å²) in [6.45, 7) is 0.212. The summed E-state index contributed by atoms with van der Waals surface area (Å²) in [5.41, 5.74) is 5.74. The van der Waals surface area contributed by atoms with Crippen molar-refractivity contribution in [3.8, 4) is 0 Å². The molecule has 2 aromatic rings. The van der Waals surface area contributed by atoms with Crippen LogP contribution in [-0.2, 0) is 11.3 Å². The van der Waals surface area contributed by atoms with Crippen LogP contribution in [0.15, 0.2) is 30.6 Å². The number of primary amides is 1. The molecule has 0 spiro atoms. The minimum atomic E-state index is -0.875. The lowest BCUT2D eigenvalue weighted by Crippen LogP contribution is -2.22. The van der Waals surface area contributed by atoms with Crippen LogP contribution < -0.4 is 5.73 Å². The molecule has 0 saturated carbocycles. The molecular weight excluding hydrogens is 258 g/mol. The second-order valence-corrected chi connectivity index (χ2v) is 3.91. The van der Waals surface area contributed by atoms with Crippen molar-refractivity contribution in [2.45, 2.75) is 12.6 Å². The van der Waals surface area contributed by atoms with Crippen molar-refractivity contribution in [2.75, 3.05) is 0 Å². The molecule has 94 valence electrons. The summed E-state index contributed by atoms with van der Waals surface area (Å²) in [6, 6.07) is 6.94. The van der Waals surface area contributed by atoms with Crippen LogP contribution in [0.2, 0.25) is 5.02 Å². The first-order valence-corrected chi connectivity index (χ1v) is 5.45. The van der Waals surface area contributed by atoms with Crippen molar-refractivity contribution >= 4 is 17.7 Å². The topological polar surface area (TPSA) is 95.9 Å². The van der Waals surface area contributed by atoms with E-state index >= 15 is 0 Å². The fourth-order valence-electron chi connectivity index (χ4n) is 1.48. The molecule has 0 saturated heterocycles. The number of halogens is 1. The second kappa shape index (κ2) is 5.46. The maximum absolute atomic E-state index is 10.9. The van der Waals surface area contributed by atoms with E-state index in [2.05, 4.69) is 15.4 Å². The minimum Gasteiger partial charge on any atom is -0.439 e. The summed E-state index contributed by atoms with van der Waals surface area (Å²) in [4.78, 5) is 12.2. The van der Waals surface area contributed by atoms with Gasteiger partial charge in [0.2, 0.25) is 0 Å². The molecule has 0 fully saturated rings. The van der Waals surface area contributed by atoms with Crippen LogP contribution in [0.4, 0.5) is 4.79 Å². The Bertz CT molecular complexity index is 531. The average molecular weight is 268 g/mol. The van der Waals surface area contributed by atoms with Crippen LogP contribution in [0, 0.1) is 0 Å². The number of amides is 1. The first-order chi connectivity index (χ1) is 8.65. The Labute approximate surface area is 107 Å². The van der Waals surface area contributed by atoms with Gasteiger partial charge >= 0.3 is 6.09 Å². The first-order valence-electron chi connectivity index (χ1n) is 5.07. The highest BCUT2D eigenvalue weighted by atomic mass is 35.5. The standard InChI is InChI=1S/C10H10ClN5O2/c11-8-3-1-2-7(4-8)9(18-10(12)17)5-16-14-6-13-15-16/h1-4,6,9H,5H2,(H2,12,17)/t9-/m0/s1.